The van der Waals surface area contributed by atoms with Crippen molar-refractivity contribution in [1.82, 2.24) is 20.3 Å². The first kappa shape index (κ1) is 19.5. The molecule has 1 amide bonds. The number of hydrogen-bond acceptors (Lipinski definition) is 5. The summed E-state index contributed by atoms with van der Waals surface area (Å²) in [6, 6.07) is 13.4. The van der Waals surface area contributed by atoms with E-state index in [0.717, 1.165) is 28.9 Å². The standard InChI is InChI=1S/C22H25N5O/c1-15(11-17-7-6-10-23-14-17)24-21(28)19-9-5-8-18(13-19)20-12-16(2)25-22(26-20)27(3)4/h5-10,12-15H,11H2,1-4H3,(H,24,28)/t15-/m0/s1. The molecule has 0 aliphatic heterocycles. The molecule has 0 spiro atoms. The van der Waals surface area contributed by atoms with E-state index in [9.17, 15) is 4.79 Å². The predicted octanol–water partition coefficient (Wildman–Crippen LogP) is 3.27. The number of hydrogen-bond donors (Lipinski definition) is 1. The molecule has 144 valence electrons. The van der Waals surface area contributed by atoms with Crippen LogP contribution in [0.15, 0.2) is 54.9 Å². The van der Waals surface area contributed by atoms with Crippen LogP contribution >= 0.6 is 0 Å². The van der Waals surface area contributed by atoms with Crippen molar-refractivity contribution in [3.63, 3.8) is 0 Å². The lowest BCUT2D eigenvalue weighted by molar-refractivity contribution is 0.0940. The van der Waals surface area contributed by atoms with E-state index < -0.39 is 0 Å². The van der Waals surface area contributed by atoms with Crippen molar-refractivity contribution in [2.24, 2.45) is 0 Å². The Kier molecular flexibility index (Phi) is 5.99. The van der Waals surface area contributed by atoms with Gasteiger partial charge in [0.2, 0.25) is 5.95 Å². The van der Waals surface area contributed by atoms with Crippen LogP contribution in [0.2, 0.25) is 0 Å². The summed E-state index contributed by atoms with van der Waals surface area (Å²) in [5.41, 5.74) is 4.28. The Morgan fingerprint density at radius 2 is 1.96 bits per heavy atom. The average molecular weight is 375 g/mol. The maximum atomic E-state index is 12.7. The summed E-state index contributed by atoms with van der Waals surface area (Å²) in [5.74, 6) is 0.548. The smallest absolute Gasteiger partial charge is 0.251 e. The summed E-state index contributed by atoms with van der Waals surface area (Å²) in [6.45, 7) is 3.93. The third-order valence-electron chi connectivity index (χ3n) is 4.31. The summed E-state index contributed by atoms with van der Waals surface area (Å²) in [4.78, 5) is 27.7. The fraction of sp³-hybridized carbons (Fsp3) is 0.273. The van der Waals surface area contributed by atoms with Crippen LogP contribution in [0.3, 0.4) is 0 Å². The van der Waals surface area contributed by atoms with Crippen LogP contribution in [0.1, 0.15) is 28.5 Å². The maximum Gasteiger partial charge on any atom is 0.251 e. The van der Waals surface area contributed by atoms with Gasteiger partial charge in [0.15, 0.2) is 0 Å². The fourth-order valence-electron chi connectivity index (χ4n) is 2.95. The number of anilines is 1. The summed E-state index contributed by atoms with van der Waals surface area (Å²) < 4.78 is 0. The molecule has 1 aromatic carbocycles. The number of carbonyl (C=O) groups is 1. The number of aromatic nitrogens is 3. The number of rotatable bonds is 6. The Balaban J connectivity index is 1.76. The zero-order valence-electron chi connectivity index (χ0n) is 16.7. The predicted molar refractivity (Wildman–Crippen MR) is 111 cm³/mol. The van der Waals surface area contributed by atoms with Crippen molar-refractivity contribution in [3.8, 4) is 11.3 Å². The van der Waals surface area contributed by atoms with E-state index in [2.05, 4.69) is 20.3 Å². The first-order chi connectivity index (χ1) is 13.4. The number of benzene rings is 1. The molecule has 6 nitrogen and oxygen atoms in total. The van der Waals surface area contributed by atoms with Gasteiger partial charge in [0.05, 0.1) is 5.69 Å². The van der Waals surface area contributed by atoms with E-state index in [1.54, 1.807) is 6.20 Å². The van der Waals surface area contributed by atoms with Gasteiger partial charge in [-0.05, 0) is 50.1 Å². The molecular weight excluding hydrogens is 350 g/mol. The minimum atomic E-state index is -0.100. The number of amides is 1. The first-order valence-electron chi connectivity index (χ1n) is 9.25. The molecule has 3 rings (SSSR count). The Morgan fingerprint density at radius 1 is 1.14 bits per heavy atom. The third-order valence-corrected chi connectivity index (χ3v) is 4.31. The molecule has 0 radical (unpaired) electrons. The van der Waals surface area contributed by atoms with E-state index in [-0.39, 0.29) is 11.9 Å². The van der Waals surface area contributed by atoms with Crippen molar-refractivity contribution in [2.75, 3.05) is 19.0 Å². The van der Waals surface area contributed by atoms with Gasteiger partial charge in [-0.2, -0.15) is 0 Å². The number of carbonyl (C=O) groups excluding carboxylic acids is 1. The highest BCUT2D eigenvalue weighted by molar-refractivity contribution is 5.95. The van der Waals surface area contributed by atoms with Crippen LogP contribution in [0.25, 0.3) is 11.3 Å². The summed E-state index contributed by atoms with van der Waals surface area (Å²) in [7, 11) is 3.82. The summed E-state index contributed by atoms with van der Waals surface area (Å²) in [5, 5.41) is 3.06. The van der Waals surface area contributed by atoms with Crippen molar-refractivity contribution < 1.29 is 4.79 Å². The molecule has 2 aromatic heterocycles. The second-order valence-corrected chi connectivity index (χ2v) is 7.11. The molecule has 1 atom stereocenters. The fourth-order valence-corrected chi connectivity index (χ4v) is 2.95. The van der Waals surface area contributed by atoms with Crippen LogP contribution in [0.4, 0.5) is 5.95 Å². The van der Waals surface area contributed by atoms with Gasteiger partial charge in [-0.3, -0.25) is 9.78 Å². The first-order valence-corrected chi connectivity index (χ1v) is 9.25. The minimum absolute atomic E-state index is 0.00185. The van der Waals surface area contributed by atoms with Crippen molar-refractivity contribution in [2.45, 2.75) is 26.3 Å². The van der Waals surface area contributed by atoms with Crippen LogP contribution < -0.4 is 10.2 Å². The van der Waals surface area contributed by atoms with Gasteiger partial charge in [-0.1, -0.05) is 18.2 Å². The molecule has 0 bridgehead atoms. The van der Waals surface area contributed by atoms with Gasteiger partial charge in [0.1, 0.15) is 0 Å². The minimum Gasteiger partial charge on any atom is -0.349 e. The molecule has 3 aromatic rings. The van der Waals surface area contributed by atoms with E-state index in [1.807, 2.05) is 81.5 Å². The summed E-state index contributed by atoms with van der Waals surface area (Å²) in [6.07, 6.45) is 4.30. The lowest BCUT2D eigenvalue weighted by Gasteiger charge is -2.15. The molecule has 0 fully saturated rings. The molecular formula is C22H25N5O. The molecule has 0 saturated heterocycles. The Labute approximate surface area is 165 Å². The molecule has 0 aliphatic carbocycles. The normalized spacial score (nSPS) is 11.7. The molecule has 0 aliphatic rings. The second-order valence-electron chi connectivity index (χ2n) is 7.11. The number of nitrogens with zero attached hydrogens (tertiary/aromatic N) is 4. The summed E-state index contributed by atoms with van der Waals surface area (Å²) >= 11 is 0. The monoisotopic (exact) mass is 375 g/mol. The topological polar surface area (TPSA) is 71.0 Å². The van der Waals surface area contributed by atoms with Crippen LogP contribution in [0.5, 0.6) is 0 Å². The van der Waals surface area contributed by atoms with Crippen molar-refractivity contribution in [3.05, 3.63) is 71.7 Å². The molecule has 1 N–H and O–H groups in total. The zero-order chi connectivity index (χ0) is 20.1. The Morgan fingerprint density at radius 3 is 2.68 bits per heavy atom. The lowest BCUT2D eigenvalue weighted by Crippen LogP contribution is -2.34. The van der Waals surface area contributed by atoms with Gasteiger partial charge in [-0.15, -0.1) is 0 Å². The maximum absolute atomic E-state index is 12.7. The van der Waals surface area contributed by atoms with E-state index in [0.29, 0.717) is 11.5 Å². The van der Waals surface area contributed by atoms with Gasteiger partial charge in [-0.25, -0.2) is 9.97 Å². The van der Waals surface area contributed by atoms with Crippen LogP contribution in [0, 0.1) is 6.92 Å². The highest BCUT2D eigenvalue weighted by atomic mass is 16.1. The average Bonchev–Trinajstić information content (AvgIpc) is 2.68. The van der Waals surface area contributed by atoms with Crippen LogP contribution in [-0.2, 0) is 6.42 Å². The number of pyridine rings is 1. The zero-order valence-corrected chi connectivity index (χ0v) is 16.7. The highest BCUT2D eigenvalue weighted by Crippen LogP contribution is 2.21. The number of aryl methyl sites for hydroxylation is 1. The van der Waals surface area contributed by atoms with E-state index in [1.165, 1.54) is 0 Å². The molecule has 0 saturated carbocycles. The van der Waals surface area contributed by atoms with E-state index >= 15 is 0 Å². The second kappa shape index (κ2) is 8.61. The highest BCUT2D eigenvalue weighted by Gasteiger charge is 2.13. The van der Waals surface area contributed by atoms with Gasteiger partial charge >= 0.3 is 0 Å². The molecule has 0 unspecified atom stereocenters. The third kappa shape index (κ3) is 4.91. The molecule has 6 heteroatoms. The quantitative estimate of drug-likeness (QED) is 0.716. The largest absolute Gasteiger partial charge is 0.349 e. The van der Waals surface area contributed by atoms with E-state index in [4.69, 9.17) is 0 Å². The van der Waals surface area contributed by atoms with Crippen molar-refractivity contribution >= 4 is 11.9 Å². The van der Waals surface area contributed by atoms with Gasteiger partial charge < -0.3 is 10.2 Å². The lowest BCUT2D eigenvalue weighted by atomic mass is 10.1. The SMILES string of the molecule is Cc1cc(-c2cccc(C(=O)N[C@@H](C)Cc3cccnc3)c2)nc(N(C)C)n1. The Hall–Kier alpha value is -3.28. The Bertz CT molecular complexity index is 956. The molecule has 28 heavy (non-hydrogen) atoms. The van der Waals surface area contributed by atoms with Crippen LogP contribution in [-0.4, -0.2) is 41.0 Å². The molecule has 2 heterocycles. The number of nitrogens with one attached hydrogen (secondary N) is 1. The van der Waals surface area contributed by atoms with Gasteiger partial charge in [0.25, 0.3) is 5.91 Å². The van der Waals surface area contributed by atoms with Crippen molar-refractivity contribution in [1.29, 1.82) is 0 Å². The van der Waals surface area contributed by atoms with Gasteiger partial charge in [0, 0.05) is 49.4 Å².